The SMILES string of the molecule is CCSCCCOc1cc(OC)ccc1N. The molecule has 0 aliphatic carbocycles. The van der Waals surface area contributed by atoms with Crippen LogP contribution >= 0.6 is 11.8 Å². The van der Waals surface area contributed by atoms with Gasteiger partial charge in [-0.25, -0.2) is 0 Å². The summed E-state index contributed by atoms with van der Waals surface area (Å²) in [5.41, 5.74) is 6.46. The highest BCUT2D eigenvalue weighted by molar-refractivity contribution is 7.99. The predicted octanol–water partition coefficient (Wildman–Crippen LogP) is 2.80. The fourth-order valence-electron chi connectivity index (χ4n) is 1.25. The van der Waals surface area contributed by atoms with E-state index in [1.165, 1.54) is 0 Å². The molecule has 0 saturated carbocycles. The highest BCUT2D eigenvalue weighted by Gasteiger charge is 2.02. The predicted molar refractivity (Wildman–Crippen MR) is 70.5 cm³/mol. The van der Waals surface area contributed by atoms with Crippen LogP contribution in [-0.4, -0.2) is 25.2 Å². The van der Waals surface area contributed by atoms with Crippen LogP contribution in [0.25, 0.3) is 0 Å². The number of nitrogen functional groups attached to an aromatic ring is 1. The van der Waals surface area contributed by atoms with Gasteiger partial charge in [0.1, 0.15) is 11.5 Å². The minimum Gasteiger partial charge on any atom is -0.497 e. The lowest BCUT2D eigenvalue weighted by atomic mass is 10.3. The Morgan fingerprint density at radius 1 is 1.38 bits per heavy atom. The van der Waals surface area contributed by atoms with E-state index < -0.39 is 0 Å². The Morgan fingerprint density at radius 3 is 2.88 bits per heavy atom. The Morgan fingerprint density at radius 2 is 2.19 bits per heavy atom. The minimum atomic E-state index is 0.656. The number of anilines is 1. The maximum atomic E-state index is 5.80. The zero-order chi connectivity index (χ0) is 11.8. The molecule has 0 fully saturated rings. The second kappa shape index (κ2) is 7.28. The summed E-state index contributed by atoms with van der Waals surface area (Å²) in [5, 5.41) is 0. The van der Waals surface area contributed by atoms with Gasteiger partial charge in [-0.1, -0.05) is 6.92 Å². The van der Waals surface area contributed by atoms with E-state index in [0.29, 0.717) is 18.0 Å². The number of benzene rings is 1. The van der Waals surface area contributed by atoms with Crippen LogP contribution in [0.15, 0.2) is 18.2 Å². The van der Waals surface area contributed by atoms with Crippen molar-refractivity contribution in [1.29, 1.82) is 0 Å². The largest absolute Gasteiger partial charge is 0.497 e. The second-order valence-electron chi connectivity index (χ2n) is 3.30. The molecule has 1 aromatic carbocycles. The summed E-state index contributed by atoms with van der Waals surface area (Å²) in [4.78, 5) is 0. The molecule has 0 unspecified atom stereocenters. The summed E-state index contributed by atoms with van der Waals surface area (Å²) in [5.74, 6) is 3.76. The molecule has 0 radical (unpaired) electrons. The Balaban J connectivity index is 2.40. The lowest BCUT2D eigenvalue weighted by Gasteiger charge is -2.10. The molecule has 0 aliphatic heterocycles. The van der Waals surface area contributed by atoms with Crippen molar-refractivity contribution in [3.63, 3.8) is 0 Å². The molecule has 4 heteroatoms. The van der Waals surface area contributed by atoms with Gasteiger partial charge in [-0.2, -0.15) is 11.8 Å². The monoisotopic (exact) mass is 241 g/mol. The van der Waals surface area contributed by atoms with Crippen molar-refractivity contribution in [3.05, 3.63) is 18.2 Å². The molecule has 1 rings (SSSR count). The smallest absolute Gasteiger partial charge is 0.145 e. The Hall–Kier alpha value is -1.03. The number of ether oxygens (including phenoxy) is 2. The van der Waals surface area contributed by atoms with Gasteiger partial charge < -0.3 is 15.2 Å². The van der Waals surface area contributed by atoms with Crippen molar-refractivity contribution in [3.8, 4) is 11.5 Å². The number of methoxy groups -OCH3 is 1. The van der Waals surface area contributed by atoms with Crippen LogP contribution in [0.5, 0.6) is 11.5 Å². The van der Waals surface area contributed by atoms with E-state index in [1.807, 2.05) is 23.9 Å². The number of thioether (sulfide) groups is 1. The number of nitrogens with two attached hydrogens (primary N) is 1. The third-order valence-electron chi connectivity index (χ3n) is 2.12. The molecule has 0 saturated heterocycles. The lowest BCUT2D eigenvalue weighted by Crippen LogP contribution is -2.01. The van der Waals surface area contributed by atoms with Gasteiger partial charge in [0.25, 0.3) is 0 Å². The van der Waals surface area contributed by atoms with Gasteiger partial charge in [0.15, 0.2) is 0 Å². The molecule has 3 nitrogen and oxygen atoms in total. The van der Waals surface area contributed by atoms with Crippen LogP contribution in [0.4, 0.5) is 5.69 Å². The van der Waals surface area contributed by atoms with Crippen molar-refractivity contribution in [2.24, 2.45) is 0 Å². The maximum Gasteiger partial charge on any atom is 0.145 e. The lowest BCUT2D eigenvalue weighted by molar-refractivity contribution is 0.317. The fraction of sp³-hybridized carbons (Fsp3) is 0.500. The summed E-state index contributed by atoms with van der Waals surface area (Å²) in [7, 11) is 1.63. The standard InChI is InChI=1S/C12H19NO2S/c1-3-16-8-4-7-15-12-9-10(14-2)5-6-11(12)13/h5-6,9H,3-4,7-8,13H2,1-2H3. The minimum absolute atomic E-state index is 0.656. The summed E-state index contributed by atoms with van der Waals surface area (Å²) < 4.78 is 10.7. The first-order valence-corrected chi connectivity index (χ1v) is 6.57. The van der Waals surface area contributed by atoms with Gasteiger partial charge >= 0.3 is 0 Å². The van der Waals surface area contributed by atoms with Crippen molar-refractivity contribution in [1.82, 2.24) is 0 Å². The molecule has 0 atom stereocenters. The topological polar surface area (TPSA) is 44.5 Å². The van der Waals surface area contributed by atoms with E-state index in [0.717, 1.165) is 23.7 Å². The number of hydrogen-bond donors (Lipinski definition) is 1. The van der Waals surface area contributed by atoms with Gasteiger partial charge in [0.2, 0.25) is 0 Å². The molecule has 16 heavy (non-hydrogen) atoms. The van der Waals surface area contributed by atoms with Crippen molar-refractivity contribution < 1.29 is 9.47 Å². The molecular weight excluding hydrogens is 222 g/mol. The van der Waals surface area contributed by atoms with Gasteiger partial charge in [-0.05, 0) is 30.1 Å². The summed E-state index contributed by atoms with van der Waals surface area (Å²) >= 11 is 1.92. The van der Waals surface area contributed by atoms with Gasteiger partial charge in [-0.15, -0.1) is 0 Å². The molecule has 0 heterocycles. The summed E-state index contributed by atoms with van der Waals surface area (Å²) in [6.45, 7) is 2.86. The molecule has 0 aromatic heterocycles. The molecule has 0 bridgehead atoms. The summed E-state index contributed by atoms with van der Waals surface area (Å²) in [6, 6.07) is 5.45. The Labute approximate surface area is 101 Å². The molecule has 0 amide bonds. The third kappa shape index (κ3) is 4.23. The van der Waals surface area contributed by atoms with E-state index in [1.54, 1.807) is 13.2 Å². The van der Waals surface area contributed by atoms with Gasteiger partial charge in [0.05, 0.1) is 19.4 Å². The van der Waals surface area contributed by atoms with Gasteiger partial charge in [0, 0.05) is 6.07 Å². The van der Waals surface area contributed by atoms with Crippen LogP contribution in [0.1, 0.15) is 13.3 Å². The van der Waals surface area contributed by atoms with Crippen molar-refractivity contribution >= 4 is 17.4 Å². The quantitative estimate of drug-likeness (QED) is 0.589. The van der Waals surface area contributed by atoms with Crippen LogP contribution < -0.4 is 15.2 Å². The zero-order valence-electron chi connectivity index (χ0n) is 9.86. The molecule has 2 N–H and O–H groups in total. The molecule has 1 aromatic rings. The Bertz CT molecular complexity index is 318. The van der Waals surface area contributed by atoms with E-state index >= 15 is 0 Å². The molecule has 0 aliphatic rings. The first-order chi connectivity index (χ1) is 7.77. The summed E-state index contributed by atoms with van der Waals surface area (Å²) in [6.07, 6.45) is 1.04. The number of hydrogen-bond acceptors (Lipinski definition) is 4. The Kier molecular flexibility index (Phi) is 5.93. The molecular formula is C12H19NO2S. The fourth-order valence-corrected chi connectivity index (χ4v) is 1.86. The highest BCUT2D eigenvalue weighted by Crippen LogP contribution is 2.26. The highest BCUT2D eigenvalue weighted by atomic mass is 32.2. The second-order valence-corrected chi connectivity index (χ2v) is 4.70. The maximum absolute atomic E-state index is 5.80. The van der Waals surface area contributed by atoms with Crippen LogP contribution in [0.3, 0.4) is 0 Å². The third-order valence-corrected chi connectivity index (χ3v) is 3.10. The first-order valence-electron chi connectivity index (χ1n) is 5.42. The average molecular weight is 241 g/mol. The molecule has 0 spiro atoms. The van der Waals surface area contributed by atoms with Crippen molar-refractivity contribution in [2.75, 3.05) is 31.0 Å². The van der Waals surface area contributed by atoms with E-state index in [9.17, 15) is 0 Å². The normalized spacial score (nSPS) is 10.1. The number of rotatable bonds is 7. The van der Waals surface area contributed by atoms with Crippen LogP contribution in [0, 0.1) is 0 Å². The van der Waals surface area contributed by atoms with E-state index in [2.05, 4.69) is 6.92 Å². The van der Waals surface area contributed by atoms with E-state index in [4.69, 9.17) is 15.2 Å². The van der Waals surface area contributed by atoms with Gasteiger partial charge in [-0.3, -0.25) is 0 Å². The molecule has 90 valence electrons. The first kappa shape index (κ1) is 13.0. The zero-order valence-corrected chi connectivity index (χ0v) is 10.7. The van der Waals surface area contributed by atoms with Crippen molar-refractivity contribution in [2.45, 2.75) is 13.3 Å². The van der Waals surface area contributed by atoms with Crippen LogP contribution in [0.2, 0.25) is 0 Å². The van der Waals surface area contributed by atoms with Crippen LogP contribution in [-0.2, 0) is 0 Å². The van der Waals surface area contributed by atoms with E-state index in [-0.39, 0.29) is 0 Å². The average Bonchev–Trinajstić information content (AvgIpc) is 2.31.